The zero-order valence-corrected chi connectivity index (χ0v) is 13.7. The average molecular weight is 323 g/mol. The number of rotatable bonds is 5. The van der Waals surface area contributed by atoms with Crippen LogP contribution in [0, 0.1) is 5.41 Å². The first kappa shape index (κ1) is 16.2. The Kier molecular flexibility index (Phi) is 4.38. The number of carbonyl (C=O) groups is 2. The van der Waals surface area contributed by atoms with E-state index in [1.165, 1.54) is 6.42 Å². The van der Waals surface area contributed by atoms with Crippen LogP contribution in [0.25, 0.3) is 11.1 Å². The van der Waals surface area contributed by atoms with E-state index in [1.807, 2.05) is 6.07 Å². The van der Waals surface area contributed by atoms with Gasteiger partial charge in [0.05, 0.1) is 5.56 Å². The summed E-state index contributed by atoms with van der Waals surface area (Å²) in [5.74, 6) is -1.15. The van der Waals surface area contributed by atoms with Crippen LogP contribution in [0.2, 0.25) is 0 Å². The number of aromatic carboxylic acids is 1. The van der Waals surface area contributed by atoms with Crippen molar-refractivity contribution in [2.75, 3.05) is 6.54 Å². The van der Waals surface area contributed by atoms with Gasteiger partial charge in [-0.2, -0.15) is 0 Å². The smallest absolute Gasteiger partial charge is 0.336 e. The van der Waals surface area contributed by atoms with E-state index in [1.54, 1.807) is 42.5 Å². The second-order valence-corrected chi connectivity index (χ2v) is 6.74. The highest BCUT2D eigenvalue weighted by atomic mass is 16.4. The molecule has 0 aromatic heterocycles. The third-order valence-corrected chi connectivity index (χ3v) is 4.86. The summed E-state index contributed by atoms with van der Waals surface area (Å²) >= 11 is 0. The first-order chi connectivity index (χ1) is 11.5. The Labute approximate surface area is 141 Å². The molecule has 1 fully saturated rings. The van der Waals surface area contributed by atoms with Gasteiger partial charge in [-0.15, -0.1) is 0 Å². The van der Waals surface area contributed by atoms with Crippen molar-refractivity contribution in [2.24, 2.45) is 5.41 Å². The van der Waals surface area contributed by atoms with Crippen LogP contribution in [0.15, 0.2) is 48.5 Å². The van der Waals surface area contributed by atoms with Gasteiger partial charge in [0.15, 0.2) is 0 Å². The lowest BCUT2D eigenvalue weighted by Gasteiger charge is -2.38. The monoisotopic (exact) mass is 323 g/mol. The van der Waals surface area contributed by atoms with Crippen molar-refractivity contribution in [3.05, 3.63) is 59.7 Å². The lowest BCUT2D eigenvalue weighted by atomic mass is 9.70. The number of hydrogen-bond acceptors (Lipinski definition) is 2. The predicted octanol–water partition coefficient (Wildman–Crippen LogP) is 3.97. The molecule has 1 saturated carbocycles. The Morgan fingerprint density at radius 2 is 1.54 bits per heavy atom. The largest absolute Gasteiger partial charge is 0.478 e. The Balaban J connectivity index is 1.91. The Morgan fingerprint density at radius 3 is 2.08 bits per heavy atom. The molecule has 1 amide bonds. The minimum atomic E-state index is -0.997. The molecule has 0 bridgehead atoms. The lowest BCUT2D eigenvalue weighted by Crippen LogP contribution is -2.40. The highest BCUT2D eigenvalue weighted by Crippen LogP contribution is 2.39. The van der Waals surface area contributed by atoms with Crippen molar-refractivity contribution in [1.29, 1.82) is 0 Å². The number of carboxylic acid groups (broad SMARTS) is 1. The third kappa shape index (κ3) is 3.18. The molecule has 124 valence electrons. The minimum absolute atomic E-state index is 0.154. The van der Waals surface area contributed by atoms with E-state index in [-0.39, 0.29) is 16.9 Å². The highest BCUT2D eigenvalue weighted by molar-refractivity contribution is 6.04. The van der Waals surface area contributed by atoms with Gasteiger partial charge in [-0.1, -0.05) is 49.7 Å². The summed E-state index contributed by atoms with van der Waals surface area (Å²) in [7, 11) is 0. The molecule has 2 aromatic carbocycles. The van der Waals surface area contributed by atoms with Gasteiger partial charge in [0.25, 0.3) is 5.91 Å². The zero-order chi connectivity index (χ0) is 17.2. The summed E-state index contributed by atoms with van der Waals surface area (Å²) in [5.41, 5.74) is 2.11. The van der Waals surface area contributed by atoms with E-state index in [2.05, 4.69) is 12.2 Å². The second kappa shape index (κ2) is 6.48. The lowest BCUT2D eigenvalue weighted by molar-refractivity contribution is 0.0697. The van der Waals surface area contributed by atoms with E-state index in [9.17, 15) is 14.7 Å². The third-order valence-electron chi connectivity index (χ3n) is 4.86. The van der Waals surface area contributed by atoms with Crippen molar-refractivity contribution < 1.29 is 14.7 Å². The number of carbonyl (C=O) groups excluding carboxylic acids is 1. The fraction of sp³-hybridized carbons (Fsp3) is 0.300. The maximum absolute atomic E-state index is 12.6. The summed E-state index contributed by atoms with van der Waals surface area (Å²) in [6.45, 7) is 2.84. The van der Waals surface area contributed by atoms with Crippen LogP contribution in [0.3, 0.4) is 0 Å². The fourth-order valence-corrected chi connectivity index (χ4v) is 3.17. The molecule has 0 radical (unpaired) electrons. The van der Waals surface area contributed by atoms with E-state index >= 15 is 0 Å². The highest BCUT2D eigenvalue weighted by Gasteiger charge is 2.32. The molecule has 24 heavy (non-hydrogen) atoms. The van der Waals surface area contributed by atoms with Crippen LogP contribution in [0.1, 0.15) is 46.9 Å². The van der Waals surface area contributed by atoms with Crippen molar-refractivity contribution in [2.45, 2.75) is 26.2 Å². The van der Waals surface area contributed by atoms with E-state index in [0.29, 0.717) is 23.2 Å². The van der Waals surface area contributed by atoms with Crippen LogP contribution < -0.4 is 5.32 Å². The summed E-state index contributed by atoms with van der Waals surface area (Å²) in [6, 6.07) is 13.9. The summed E-state index contributed by atoms with van der Waals surface area (Å²) in [4.78, 5) is 24.1. The molecule has 4 nitrogen and oxygen atoms in total. The van der Waals surface area contributed by atoms with Crippen LogP contribution >= 0.6 is 0 Å². The molecule has 0 saturated heterocycles. The second-order valence-electron chi connectivity index (χ2n) is 6.74. The molecular weight excluding hydrogens is 302 g/mol. The molecule has 0 spiro atoms. The summed E-state index contributed by atoms with van der Waals surface area (Å²) in [6.07, 6.45) is 3.49. The molecule has 0 atom stereocenters. The van der Waals surface area contributed by atoms with Gasteiger partial charge in [0.1, 0.15) is 0 Å². The quantitative estimate of drug-likeness (QED) is 0.875. The first-order valence-corrected chi connectivity index (χ1v) is 8.20. The van der Waals surface area contributed by atoms with Crippen molar-refractivity contribution in [3.8, 4) is 11.1 Å². The molecule has 4 heteroatoms. The van der Waals surface area contributed by atoms with E-state index < -0.39 is 5.97 Å². The molecule has 0 unspecified atom stereocenters. The number of carboxylic acids is 1. The Morgan fingerprint density at radius 1 is 1.00 bits per heavy atom. The first-order valence-electron chi connectivity index (χ1n) is 8.20. The number of benzene rings is 2. The minimum Gasteiger partial charge on any atom is -0.478 e. The van der Waals surface area contributed by atoms with Gasteiger partial charge >= 0.3 is 5.97 Å². The van der Waals surface area contributed by atoms with E-state index in [4.69, 9.17) is 0 Å². The molecular formula is C20H21NO3. The van der Waals surface area contributed by atoms with Gasteiger partial charge in [-0.3, -0.25) is 4.79 Å². The number of amides is 1. The van der Waals surface area contributed by atoms with Crippen molar-refractivity contribution in [3.63, 3.8) is 0 Å². The topological polar surface area (TPSA) is 66.4 Å². The van der Waals surface area contributed by atoms with Gasteiger partial charge in [0.2, 0.25) is 0 Å². The summed E-state index contributed by atoms with van der Waals surface area (Å²) in [5, 5.41) is 12.4. The normalized spacial score (nSPS) is 15.4. The van der Waals surface area contributed by atoms with Gasteiger partial charge < -0.3 is 10.4 Å². The van der Waals surface area contributed by atoms with Gasteiger partial charge in [0, 0.05) is 12.1 Å². The Bertz CT molecular complexity index is 778. The maximum atomic E-state index is 12.6. The molecule has 0 heterocycles. The number of hydrogen-bond donors (Lipinski definition) is 2. The van der Waals surface area contributed by atoms with E-state index in [0.717, 1.165) is 12.8 Å². The molecule has 3 rings (SSSR count). The molecule has 2 N–H and O–H groups in total. The van der Waals surface area contributed by atoms with Crippen LogP contribution in [-0.4, -0.2) is 23.5 Å². The standard InChI is InChI=1S/C20H21NO3/c1-20(11-6-12-20)13-21-18(22)16-9-4-2-7-14(16)15-8-3-5-10-17(15)19(23)24/h2-5,7-10H,6,11-13H2,1H3,(H,21,22)(H,23,24). The number of nitrogens with one attached hydrogen (secondary N) is 1. The SMILES string of the molecule is CC1(CNC(=O)c2ccccc2-c2ccccc2C(=O)O)CCC1. The van der Waals surface area contributed by atoms with Crippen LogP contribution in [-0.2, 0) is 0 Å². The molecule has 0 aliphatic heterocycles. The van der Waals surface area contributed by atoms with Crippen LogP contribution in [0.4, 0.5) is 0 Å². The molecule has 1 aliphatic carbocycles. The summed E-state index contributed by atoms with van der Waals surface area (Å²) < 4.78 is 0. The van der Waals surface area contributed by atoms with Crippen molar-refractivity contribution >= 4 is 11.9 Å². The van der Waals surface area contributed by atoms with Gasteiger partial charge in [-0.25, -0.2) is 4.79 Å². The average Bonchev–Trinajstić information content (AvgIpc) is 2.58. The predicted molar refractivity (Wildman–Crippen MR) is 93.1 cm³/mol. The maximum Gasteiger partial charge on any atom is 0.336 e. The fourth-order valence-electron chi connectivity index (χ4n) is 3.17. The Hall–Kier alpha value is -2.62. The van der Waals surface area contributed by atoms with Crippen molar-refractivity contribution in [1.82, 2.24) is 5.32 Å². The van der Waals surface area contributed by atoms with Gasteiger partial charge in [-0.05, 0) is 41.5 Å². The molecule has 1 aliphatic rings. The van der Waals surface area contributed by atoms with Crippen LogP contribution in [0.5, 0.6) is 0 Å². The zero-order valence-electron chi connectivity index (χ0n) is 13.7. The molecule has 2 aromatic rings.